The number of carbonyl (C=O) groups excluding carboxylic acids is 2. The number of piperazine rings is 1. The average Bonchev–Trinajstić information content (AvgIpc) is 2.60. The highest BCUT2D eigenvalue weighted by molar-refractivity contribution is 6.33. The molecule has 1 heterocycles. The molecule has 1 aliphatic heterocycles. The third-order valence-electron chi connectivity index (χ3n) is 4.14. The molecule has 0 aliphatic carbocycles. The number of anilines is 1. The van der Waals surface area contributed by atoms with E-state index in [1.165, 1.54) is 0 Å². The van der Waals surface area contributed by atoms with E-state index in [9.17, 15) is 9.59 Å². The van der Waals surface area contributed by atoms with Crippen molar-refractivity contribution in [2.75, 3.05) is 43.5 Å². The summed E-state index contributed by atoms with van der Waals surface area (Å²) in [5.74, 6) is -0.211. The van der Waals surface area contributed by atoms with Gasteiger partial charge in [0.05, 0.1) is 10.7 Å². The average molecular weight is 416 g/mol. The number of ether oxygens (including phenoxy) is 1. The first-order chi connectivity index (χ1) is 12.7. The minimum atomic E-state index is -0.489. The fourth-order valence-corrected chi connectivity index (χ4v) is 3.23. The Hall–Kier alpha value is -1.66. The van der Waals surface area contributed by atoms with Gasteiger partial charge in [-0.25, -0.2) is 4.79 Å². The maximum absolute atomic E-state index is 12.2. The number of rotatable bonds is 5. The number of hydrogen-bond donors (Lipinski definition) is 1. The van der Waals surface area contributed by atoms with Gasteiger partial charge in [0.25, 0.3) is 0 Å². The largest absolute Gasteiger partial charge is 0.444 e. The number of amides is 2. The van der Waals surface area contributed by atoms with Gasteiger partial charge in [-0.2, -0.15) is 0 Å². The monoisotopic (exact) mass is 415 g/mol. The lowest BCUT2D eigenvalue weighted by Gasteiger charge is -2.37. The zero-order valence-electron chi connectivity index (χ0n) is 16.1. The molecule has 1 saturated heterocycles. The van der Waals surface area contributed by atoms with Crippen LogP contribution in [0.2, 0.25) is 5.02 Å². The molecule has 1 aliphatic rings. The minimum absolute atomic E-state index is 0.0328. The first kappa shape index (κ1) is 21.6. The van der Waals surface area contributed by atoms with Crippen molar-refractivity contribution in [3.05, 3.63) is 28.8 Å². The van der Waals surface area contributed by atoms with Gasteiger partial charge in [0, 0.05) is 32.7 Å². The van der Waals surface area contributed by atoms with E-state index >= 15 is 0 Å². The molecule has 0 radical (unpaired) electrons. The summed E-state index contributed by atoms with van der Waals surface area (Å²) in [6.07, 6.45) is 0.414. The zero-order valence-corrected chi connectivity index (χ0v) is 17.6. The summed E-state index contributed by atoms with van der Waals surface area (Å²) in [7, 11) is 0. The molecule has 1 fully saturated rings. The Kier molecular flexibility index (Phi) is 7.62. The van der Waals surface area contributed by atoms with Crippen molar-refractivity contribution < 1.29 is 14.3 Å². The van der Waals surface area contributed by atoms with E-state index in [1.807, 2.05) is 39.0 Å². The van der Waals surface area contributed by atoms with Crippen LogP contribution in [0.3, 0.4) is 0 Å². The minimum Gasteiger partial charge on any atom is -0.444 e. The second-order valence-corrected chi connectivity index (χ2v) is 8.15. The van der Waals surface area contributed by atoms with Crippen LogP contribution in [0, 0.1) is 0 Å². The van der Waals surface area contributed by atoms with Crippen LogP contribution in [0.1, 0.15) is 26.3 Å². The van der Waals surface area contributed by atoms with Crippen molar-refractivity contribution in [3.8, 4) is 0 Å². The van der Waals surface area contributed by atoms with Crippen LogP contribution >= 0.6 is 23.2 Å². The molecule has 1 aromatic carbocycles. The highest BCUT2D eigenvalue weighted by atomic mass is 35.5. The van der Waals surface area contributed by atoms with Crippen molar-refractivity contribution in [1.82, 2.24) is 10.2 Å². The molecular formula is C19H27Cl2N3O3. The van der Waals surface area contributed by atoms with Crippen molar-refractivity contribution in [1.29, 1.82) is 0 Å². The molecule has 6 nitrogen and oxygen atoms in total. The molecule has 2 amide bonds. The molecule has 0 spiro atoms. The zero-order chi connectivity index (χ0) is 20.0. The summed E-state index contributed by atoms with van der Waals surface area (Å²) in [6.45, 7) is 8.70. The smallest absolute Gasteiger partial charge is 0.410 e. The van der Waals surface area contributed by atoms with Gasteiger partial charge in [-0.15, -0.1) is 11.6 Å². The number of nitrogens with zero attached hydrogens (tertiary/aromatic N) is 2. The summed E-state index contributed by atoms with van der Waals surface area (Å²) in [6, 6.07) is 5.92. The molecule has 150 valence electrons. The fourth-order valence-electron chi connectivity index (χ4n) is 2.81. The molecular weight excluding hydrogens is 389 g/mol. The molecule has 0 unspecified atom stereocenters. The van der Waals surface area contributed by atoms with Crippen LogP contribution in [-0.2, 0) is 16.0 Å². The van der Waals surface area contributed by atoms with Gasteiger partial charge >= 0.3 is 6.09 Å². The summed E-state index contributed by atoms with van der Waals surface area (Å²) >= 11 is 11.9. The highest BCUT2D eigenvalue weighted by Gasteiger charge is 2.26. The van der Waals surface area contributed by atoms with E-state index in [4.69, 9.17) is 27.9 Å². The van der Waals surface area contributed by atoms with Gasteiger partial charge in [0.1, 0.15) is 11.5 Å². The second kappa shape index (κ2) is 9.51. The third-order valence-corrected chi connectivity index (χ3v) is 4.69. The Morgan fingerprint density at radius 1 is 1.19 bits per heavy atom. The topological polar surface area (TPSA) is 61.9 Å². The maximum Gasteiger partial charge on any atom is 0.410 e. The predicted octanol–water partition coefficient (Wildman–Crippen LogP) is 3.29. The number of benzene rings is 1. The first-order valence-corrected chi connectivity index (χ1v) is 9.95. The van der Waals surface area contributed by atoms with Crippen molar-refractivity contribution >= 4 is 40.9 Å². The maximum atomic E-state index is 12.2. The summed E-state index contributed by atoms with van der Waals surface area (Å²) < 4.78 is 5.42. The lowest BCUT2D eigenvalue weighted by Crippen LogP contribution is -2.50. The Balaban J connectivity index is 1.88. The van der Waals surface area contributed by atoms with Gasteiger partial charge in [-0.1, -0.05) is 17.7 Å². The molecule has 1 N–H and O–H groups in total. The van der Waals surface area contributed by atoms with Crippen LogP contribution in [0.25, 0.3) is 0 Å². The van der Waals surface area contributed by atoms with E-state index in [1.54, 1.807) is 4.90 Å². The van der Waals surface area contributed by atoms with Crippen LogP contribution in [0.15, 0.2) is 18.2 Å². The second-order valence-electron chi connectivity index (χ2n) is 7.47. The van der Waals surface area contributed by atoms with Crippen LogP contribution in [0.4, 0.5) is 10.5 Å². The van der Waals surface area contributed by atoms with Gasteiger partial charge in [-0.05, 0) is 44.9 Å². The normalized spacial score (nSPS) is 14.9. The molecule has 0 bridgehead atoms. The third kappa shape index (κ3) is 6.78. The Bertz CT molecular complexity index is 669. The fraction of sp³-hybridized carbons (Fsp3) is 0.579. The summed E-state index contributed by atoms with van der Waals surface area (Å²) in [5.41, 5.74) is 1.51. The molecule has 27 heavy (non-hydrogen) atoms. The standard InChI is InChI=1S/C19H27Cl2N3O3/c1-19(2,3)27-18(26)24-10-8-23(9-11-24)16-5-4-14(12-15(16)21)6-7-22-17(25)13-20/h4-5,12H,6-11,13H2,1-3H3,(H,22,25). The van der Waals surface area contributed by atoms with E-state index < -0.39 is 5.60 Å². The van der Waals surface area contributed by atoms with Gasteiger partial charge in [-0.3, -0.25) is 4.79 Å². The number of alkyl halides is 1. The molecule has 2 rings (SSSR count). The summed E-state index contributed by atoms with van der Waals surface area (Å²) in [5, 5.41) is 3.40. The van der Waals surface area contributed by atoms with E-state index in [2.05, 4.69) is 10.2 Å². The van der Waals surface area contributed by atoms with Gasteiger partial charge in [0.2, 0.25) is 5.91 Å². The quantitative estimate of drug-likeness (QED) is 0.749. The number of nitrogens with one attached hydrogen (secondary N) is 1. The Morgan fingerprint density at radius 2 is 1.85 bits per heavy atom. The van der Waals surface area contributed by atoms with Gasteiger partial charge in [0.15, 0.2) is 0 Å². The van der Waals surface area contributed by atoms with Crippen LogP contribution < -0.4 is 10.2 Å². The lowest BCUT2D eigenvalue weighted by atomic mass is 10.1. The van der Waals surface area contributed by atoms with Crippen LogP contribution in [-0.4, -0.2) is 61.1 Å². The molecule has 0 saturated carbocycles. The van der Waals surface area contributed by atoms with E-state index in [0.29, 0.717) is 44.2 Å². The molecule has 8 heteroatoms. The lowest BCUT2D eigenvalue weighted by molar-refractivity contribution is -0.118. The summed E-state index contributed by atoms with van der Waals surface area (Å²) in [4.78, 5) is 27.2. The Morgan fingerprint density at radius 3 is 2.41 bits per heavy atom. The number of hydrogen-bond acceptors (Lipinski definition) is 4. The van der Waals surface area contributed by atoms with Gasteiger partial charge < -0.3 is 19.9 Å². The van der Waals surface area contributed by atoms with Crippen molar-refractivity contribution in [2.24, 2.45) is 0 Å². The molecule has 1 aromatic rings. The Labute approximate surface area is 170 Å². The molecule has 0 aromatic heterocycles. The SMILES string of the molecule is CC(C)(C)OC(=O)N1CCN(c2ccc(CCNC(=O)CCl)cc2Cl)CC1. The van der Waals surface area contributed by atoms with Crippen LogP contribution in [0.5, 0.6) is 0 Å². The van der Waals surface area contributed by atoms with Crippen molar-refractivity contribution in [3.63, 3.8) is 0 Å². The van der Waals surface area contributed by atoms with Crippen molar-refractivity contribution in [2.45, 2.75) is 32.8 Å². The van der Waals surface area contributed by atoms with E-state index in [-0.39, 0.29) is 17.9 Å². The predicted molar refractivity (Wildman–Crippen MR) is 109 cm³/mol. The highest BCUT2D eigenvalue weighted by Crippen LogP contribution is 2.28. The number of carbonyl (C=O) groups is 2. The first-order valence-electron chi connectivity index (χ1n) is 9.03. The molecule has 0 atom stereocenters. The van der Waals surface area contributed by atoms with E-state index in [0.717, 1.165) is 11.3 Å². The number of halogens is 2.